The molecule has 3 heteroatoms. The molecule has 0 aliphatic rings. The first-order chi connectivity index (χ1) is 15.8. The molecule has 0 saturated carbocycles. The SMILES string of the molecule is CCCC=CCCCCCCOc1ccc(-c2ncc(CCCCCCCC)cn2)cc1. The Morgan fingerprint density at radius 2 is 1.34 bits per heavy atom. The summed E-state index contributed by atoms with van der Waals surface area (Å²) in [5.41, 5.74) is 2.28. The number of hydrogen-bond donors (Lipinski definition) is 0. The van der Waals surface area contributed by atoms with Gasteiger partial charge in [0.05, 0.1) is 6.61 Å². The molecule has 0 saturated heterocycles. The van der Waals surface area contributed by atoms with Crippen molar-refractivity contribution in [2.75, 3.05) is 6.61 Å². The molecule has 0 aliphatic heterocycles. The molecule has 0 N–H and O–H groups in total. The summed E-state index contributed by atoms with van der Waals surface area (Å²) in [7, 11) is 0. The number of aryl methyl sites for hydroxylation is 1. The highest BCUT2D eigenvalue weighted by molar-refractivity contribution is 5.55. The van der Waals surface area contributed by atoms with E-state index in [-0.39, 0.29) is 0 Å². The van der Waals surface area contributed by atoms with Gasteiger partial charge in [0.1, 0.15) is 5.75 Å². The number of allylic oxidation sites excluding steroid dienone is 2. The highest BCUT2D eigenvalue weighted by Crippen LogP contribution is 2.20. The Kier molecular flexibility index (Phi) is 14.2. The Balaban J connectivity index is 1.61. The molecule has 2 rings (SSSR count). The van der Waals surface area contributed by atoms with Crippen LogP contribution in [0.3, 0.4) is 0 Å². The topological polar surface area (TPSA) is 35.0 Å². The maximum atomic E-state index is 5.90. The van der Waals surface area contributed by atoms with Crippen molar-refractivity contribution in [2.45, 2.75) is 104 Å². The number of benzene rings is 1. The zero-order chi connectivity index (χ0) is 22.7. The minimum Gasteiger partial charge on any atom is -0.494 e. The van der Waals surface area contributed by atoms with E-state index in [1.807, 2.05) is 24.5 Å². The molecule has 0 amide bonds. The van der Waals surface area contributed by atoms with Crippen molar-refractivity contribution in [1.82, 2.24) is 9.97 Å². The number of nitrogens with zero attached hydrogens (tertiary/aromatic N) is 2. The standard InChI is InChI=1S/C29H44N2O/c1-3-5-7-9-11-12-13-15-17-23-32-28-21-19-27(20-22-28)29-30-24-26(25-31-29)18-16-14-10-8-6-4-2/h7,9,19-22,24-25H,3-6,8,10-18,23H2,1-2H3. The van der Waals surface area contributed by atoms with Crippen molar-refractivity contribution in [3.05, 3.63) is 54.4 Å². The van der Waals surface area contributed by atoms with Gasteiger partial charge in [-0.25, -0.2) is 9.97 Å². The van der Waals surface area contributed by atoms with Crippen molar-refractivity contribution in [1.29, 1.82) is 0 Å². The first-order valence-electron chi connectivity index (χ1n) is 13.0. The Bertz CT molecular complexity index is 722. The Labute approximate surface area is 196 Å². The van der Waals surface area contributed by atoms with Crippen LogP contribution in [0.1, 0.15) is 103 Å². The largest absolute Gasteiger partial charge is 0.494 e. The number of hydrogen-bond acceptors (Lipinski definition) is 3. The van der Waals surface area contributed by atoms with Crippen LogP contribution in [0.4, 0.5) is 0 Å². The summed E-state index contributed by atoms with van der Waals surface area (Å²) in [6.45, 7) is 5.27. The lowest BCUT2D eigenvalue weighted by atomic mass is 10.1. The van der Waals surface area contributed by atoms with Gasteiger partial charge in [-0.1, -0.05) is 77.4 Å². The highest BCUT2D eigenvalue weighted by Gasteiger charge is 2.03. The van der Waals surface area contributed by atoms with Crippen LogP contribution in [0.2, 0.25) is 0 Å². The van der Waals surface area contributed by atoms with Crippen molar-refractivity contribution >= 4 is 0 Å². The minimum absolute atomic E-state index is 0.786. The second kappa shape index (κ2) is 17.4. The van der Waals surface area contributed by atoms with E-state index >= 15 is 0 Å². The molecule has 32 heavy (non-hydrogen) atoms. The Hall–Kier alpha value is -2.16. The van der Waals surface area contributed by atoms with E-state index in [0.717, 1.165) is 36.6 Å². The van der Waals surface area contributed by atoms with E-state index in [1.165, 1.54) is 82.6 Å². The monoisotopic (exact) mass is 436 g/mol. The smallest absolute Gasteiger partial charge is 0.159 e. The van der Waals surface area contributed by atoms with Crippen LogP contribution in [0.25, 0.3) is 11.4 Å². The van der Waals surface area contributed by atoms with E-state index in [9.17, 15) is 0 Å². The molecule has 1 heterocycles. The van der Waals surface area contributed by atoms with E-state index in [0.29, 0.717) is 0 Å². The average molecular weight is 437 g/mol. The van der Waals surface area contributed by atoms with E-state index in [1.54, 1.807) is 0 Å². The van der Waals surface area contributed by atoms with Crippen molar-refractivity contribution in [3.8, 4) is 17.1 Å². The summed E-state index contributed by atoms with van der Waals surface area (Å²) >= 11 is 0. The van der Waals surface area contributed by atoms with Crippen LogP contribution in [0.15, 0.2) is 48.8 Å². The molecule has 2 aromatic rings. The maximum absolute atomic E-state index is 5.90. The predicted molar refractivity (Wildman–Crippen MR) is 137 cm³/mol. The number of rotatable bonds is 18. The van der Waals surface area contributed by atoms with Crippen LogP contribution < -0.4 is 4.74 Å². The molecule has 0 aliphatic carbocycles. The highest BCUT2D eigenvalue weighted by atomic mass is 16.5. The van der Waals surface area contributed by atoms with Gasteiger partial charge in [-0.05, 0) is 68.4 Å². The molecule has 1 aromatic carbocycles. The summed E-state index contributed by atoms with van der Waals surface area (Å²) in [4.78, 5) is 9.16. The van der Waals surface area contributed by atoms with Gasteiger partial charge in [0.15, 0.2) is 5.82 Å². The average Bonchev–Trinajstić information content (AvgIpc) is 2.83. The molecule has 0 atom stereocenters. The number of ether oxygens (including phenoxy) is 1. The van der Waals surface area contributed by atoms with Crippen LogP contribution in [0.5, 0.6) is 5.75 Å². The lowest BCUT2D eigenvalue weighted by molar-refractivity contribution is 0.305. The molecule has 0 radical (unpaired) electrons. The molecule has 0 fully saturated rings. The van der Waals surface area contributed by atoms with Crippen LogP contribution in [-0.4, -0.2) is 16.6 Å². The number of aromatic nitrogens is 2. The molecule has 0 unspecified atom stereocenters. The predicted octanol–water partition coefficient (Wildman–Crippen LogP) is 8.73. The zero-order valence-corrected chi connectivity index (χ0v) is 20.5. The Morgan fingerprint density at radius 1 is 0.688 bits per heavy atom. The van der Waals surface area contributed by atoms with Gasteiger partial charge >= 0.3 is 0 Å². The van der Waals surface area contributed by atoms with Gasteiger partial charge in [-0.2, -0.15) is 0 Å². The zero-order valence-electron chi connectivity index (χ0n) is 20.5. The first-order valence-corrected chi connectivity index (χ1v) is 13.0. The second-order valence-corrected chi connectivity index (χ2v) is 8.77. The van der Waals surface area contributed by atoms with Crippen molar-refractivity contribution < 1.29 is 4.74 Å². The molecule has 0 spiro atoms. The summed E-state index contributed by atoms with van der Waals surface area (Å²) in [6, 6.07) is 8.17. The summed E-state index contributed by atoms with van der Waals surface area (Å²) in [5, 5.41) is 0. The van der Waals surface area contributed by atoms with Crippen molar-refractivity contribution in [3.63, 3.8) is 0 Å². The molecular weight excluding hydrogens is 392 g/mol. The second-order valence-electron chi connectivity index (χ2n) is 8.77. The van der Waals surface area contributed by atoms with E-state index < -0.39 is 0 Å². The van der Waals surface area contributed by atoms with Gasteiger partial charge in [-0.3, -0.25) is 0 Å². The molecule has 3 nitrogen and oxygen atoms in total. The van der Waals surface area contributed by atoms with Gasteiger partial charge in [0.25, 0.3) is 0 Å². The molecular formula is C29H44N2O. The third-order valence-corrected chi connectivity index (χ3v) is 5.79. The van der Waals surface area contributed by atoms with Crippen LogP contribution in [-0.2, 0) is 6.42 Å². The quantitative estimate of drug-likeness (QED) is 0.173. The van der Waals surface area contributed by atoms with E-state index in [4.69, 9.17) is 4.74 Å². The van der Waals surface area contributed by atoms with Gasteiger partial charge in [0, 0.05) is 18.0 Å². The van der Waals surface area contributed by atoms with Gasteiger partial charge < -0.3 is 4.74 Å². The lowest BCUT2D eigenvalue weighted by Gasteiger charge is -2.07. The van der Waals surface area contributed by atoms with Crippen molar-refractivity contribution in [2.24, 2.45) is 0 Å². The normalized spacial score (nSPS) is 11.3. The number of unbranched alkanes of at least 4 members (excludes halogenated alkanes) is 10. The minimum atomic E-state index is 0.786. The maximum Gasteiger partial charge on any atom is 0.159 e. The summed E-state index contributed by atoms with van der Waals surface area (Å²) in [6.07, 6.45) is 26.2. The van der Waals surface area contributed by atoms with Crippen LogP contribution >= 0.6 is 0 Å². The fourth-order valence-electron chi connectivity index (χ4n) is 3.75. The van der Waals surface area contributed by atoms with Gasteiger partial charge in [0.2, 0.25) is 0 Å². The fourth-order valence-corrected chi connectivity index (χ4v) is 3.75. The van der Waals surface area contributed by atoms with Crippen LogP contribution in [0, 0.1) is 0 Å². The Morgan fingerprint density at radius 3 is 2.09 bits per heavy atom. The third kappa shape index (κ3) is 11.5. The lowest BCUT2D eigenvalue weighted by Crippen LogP contribution is -1.97. The first kappa shape index (κ1) is 26.1. The third-order valence-electron chi connectivity index (χ3n) is 5.79. The fraction of sp³-hybridized carbons (Fsp3) is 0.586. The molecule has 176 valence electrons. The van der Waals surface area contributed by atoms with E-state index in [2.05, 4.69) is 48.1 Å². The summed E-state index contributed by atoms with van der Waals surface area (Å²) < 4.78 is 5.90. The van der Waals surface area contributed by atoms with Gasteiger partial charge in [-0.15, -0.1) is 0 Å². The molecule has 0 bridgehead atoms. The molecule has 1 aromatic heterocycles. The summed E-state index contributed by atoms with van der Waals surface area (Å²) in [5.74, 6) is 1.71.